The molecule has 1 unspecified atom stereocenters. The van der Waals surface area contributed by atoms with E-state index in [1.165, 1.54) is 0 Å². The first-order valence-corrected chi connectivity index (χ1v) is 12.4. The summed E-state index contributed by atoms with van der Waals surface area (Å²) in [4.78, 5) is 17.2. The van der Waals surface area contributed by atoms with Gasteiger partial charge in [0.2, 0.25) is 0 Å². The van der Waals surface area contributed by atoms with Gasteiger partial charge in [-0.25, -0.2) is 4.79 Å². The lowest BCUT2D eigenvalue weighted by atomic mass is 10.2. The molecule has 0 spiro atoms. The molecule has 1 fully saturated rings. The van der Waals surface area contributed by atoms with Crippen LogP contribution in [-0.4, -0.2) is 41.3 Å². The molecule has 35 heavy (non-hydrogen) atoms. The lowest BCUT2D eigenvalue weighted by molar-refractivity contribution is 0.193. The van der Waals surface area contributed by atoms with Crippen molar-refractivity contribution in [2.75, 3.05) is 18.4 Å². The molecule has 0 saturated carbocycles. The van der Waals surface area contributed by atoms with Crippen molar-refractivity contribution in [3.63, 3.8) is 0 Å². The number of nitrogens with one attached hydrogen (secondary N) is 2. The third-order valence-electron chi connectivity index (χ3n) is 5.68. The van der Waals surface area contributed by atoms with Gasteiger partial charge in [0.25, 0.3) is 0 Å². The SMILES string of the molecule is CC(C)Oc1ccc(NC2NC(=O)N(Cc3ccc(Cl)cc3)CCN2Cc2ccc(Cl)cc2)cc1. The summed E-state index contributed by atoms with van der Waals surface area (Å²) in [5.74, 6) is 0.808. The van der Waals surface area contributed by atoms with Crippen LogP contribution in [-0.2, 0) is 13.1 Å². The number of nitrogens with zero attached hydrogens (tertiary/aromatic N) is 2. The zero-order chi connectivity index (χ0) is 24.8. The van der Waals surface area contributed by atoms with Crippen LogP contribution in [0.3, 0.4) is 0 Å². The van der Waals surface area contributed by atoms with E-state index in [9.17, 15) is 4.79 Å². The van der Waals surface area contributed by atoms with E-state index in [2.05, 4.69) is 15.5 Å². The quantitative estimate of drug-likeness (QED) is 0.377. The number of benzene rings is 3. The zero-order valence-electron chi connectivity index (χ0n) is 19.9. The maximum absolute atomic E-state index is 13.2. The molecule has 8 heteroatoms. The topological polar surface area (TPSA) is 56.8 Å². The summed E-state index contributed by atoms with van der Waals surface area (Å²) < 4.78 is 5.75. The first kappa shape index (κ1) is 25.2. The molecule has 0 aliphatic carbocycles. The highest BCUT2D eigenvalue weighted by atomic mass is 35.5. The second-order valence-corrected chi connectivity index (χ2v) is 9.71. The molecular formula is C27H30Cl2N4O2. The van der Waals surface area contributed by atoms with E-state index in [0.29, 0.717) is 36.2 Å². The standard InChI is InChI=1S/C27H30Cl2N4O2/c1-19(2)35-25-13-11-24(12-14-25)30-26-31-27(34)33(18-21-5-9-23(29)10-6-21)16-15-32(26)17-20-3-7-22(28)8-4-20/h3-14,19,26,30H,15-18H2,1-2H3,(H,31,34). The molecule has 184 valence electrons. The number of carbonyl (C=O) groups is 1. The Hall–Kier alpha value is -2.93. The molecule has 2 amide bonds. The summed E-state index contributed by atoms with van der Waals surface area (Å²) in [6, 6.07) is 23.0. The van der Waals surface area contributed by atoms with Gasteiger partial charge in [-0.2, -0.15) is 0 Å². The number of hydrogen-bond donors (Lipinski definition) is 2. The Morgan fingerprint density at radius 3 is 2.03 bits per heavy atom. The Morgan fingerprint density at radius 1 is 0.886 bits per heavy atom. The molecule has 0 aromatic heterocycles. The minimum atomic E-state index is -0.398. The van der Waals surface area contributed by atoms with Crippen LogP contribution in [0, 0.1) is 0 Å². The molecule has 6 nitrogen and oxygen atoms in total. The first-order valence-electron chi connectivity index (χ1n) is 11.7. The number of carbonyl (C=O) groups excluding carboxylic acids is 1. The summed E-state index contributed by atoms with van der Waals surface area (Å²) in [6.45, 7) is 6.42. The van der Waals surface area contributed by atoms with Crippen molar-refractivity contribution in [3.8, 4) is 5.75 Å². The Kier molecular flexibility index (Phi) is 8.39. The van der Waals surface area contributed by atoms with Gasteiger partial charge in [0.05, 0.1) is 6.10 Å². The molecule has 1 aliphatic rings. The summed E-state index contributed by atoms with van der Waals surface area (Å²) in [7, 11) is 0. The van der Waals surface area contributed by atoms with Gasteiger partial charge in [0.1, 0.15) is 5.75 Å². The van der Waals surface area contributed by atoms with Crippen molar-refractivity contribution in [2.45, 2.75) is 39.3 Å². The van der Waals surface area contributed by atoms with Gasteiger partial charge in [-0.15, -0.1) is 0 Å². The second kappa shape index (κ2) is 11.7. The van der Waals surface area contributed by atoms with E-state index in [0.717, 1.165) is 22.6 Å². The Balaban J connectivity index is 1.51. The van der Waals surface area contributed by atoms with Crippen LogP contribution in [0.2, 0.25) is 10.0 Å². The predicted octanol–water partition coefficient (Wildman–Crippen LogP) is 6.20. The van der Waals surface area contributed by atoms with Crippen LogP contribution in [0.1, 0.15) is 25.0 Å². The largest absolute Gasteiger partial charge is 0.491 e. The Morgan fingerprint density at radius 2 is 1.46 bits per heavy atom. The molecule has 1 atom stereocenters. The number of anilines is 1. The van der Waals surface area contributed by atoms with Crippen LogP contribution in [0.25, 0.3) is 0 Å². The fourth-order valence-corrected chi connectivity index (χ4v) is 4.17. The summed E-state index contributed by atoms with van der Waals surface area (Å²) in [6.07, 6.45) is -0.290. The van der Waals surface area contributed by atoms with Crippen LogP contribution >= 0.6 is 23.2 Å². The van der Waals surface area contributed by atoms with Crippen LogP contribution < -0.4 is 15.4 Å². The molecule has 4 rings (SSSR count). The third kappa shape index (κ3) is 7.28. The lowest BCUT2D eigenvalue weighted by Crippen LogP contribution is -2.51. The van der Waals surface area contributed by atoms with Crippen LogP contribution in [0.5, 0.6) is 5.75 Å². The highest BCUT2D eigenvalue weighted by Crippen LogP contribution is 2.21. The van der Waals surface area contributed by atoms with Gasteiger partial charge >= 0.3 is 6.03 Å². The third-order valence-corrected chi connectivity index (χ3v) is 6.19. The smallest absolute Gasteiger partial charge is 0.320 e. The average molecular weight is 513 g/mol. The number of hydrogen-bond acceptors (Lipinski definition) is 4. The average Bonchev–Trinajstić information content (AvgIpc) is 2.96. The summed E-state index contributed by atoms with van der Waals surface area (Å²) >= 11 is 12.1. The molecule has 0 radical (unpaired) electrons. The van der Waals surface area contributed by atoms with Crippen molar-refractivity contribution in [1.82, 2.24) is 15.1 Å². The monoisotopic (exact) mass is 512 g/mol. The molecule has 2 N–H and O–H groups in total. The van der Waals surface area contributed by atoms with Gasteiger partial charge in [0, 0.05) is 41.9 Å². The van der Waals surface area contributed by atoms with E-state index in [4.69, 9.17) is 27.9 Å². The normalized spacial score (nSPS) is 16.7. The number of amides is 2. The van der Waals surface area contributed by atoms with Crippen molar-refractivity contribution in [3.05, 3.63) is 94.0 Å². The molecule has 3 aromatic carbocycles. The molecular weight excluding hydrogens is 483 g/mol. The van der Waals surface area contributed by atoms with E-state index in [1.54, 1.807) is 0 Å². The second-order valence-electron chi connectivity index (χ2n) is 8.83. The molecule has 1 heterocycles. The van der Waals surface area contributed by atoms with Gasteiger partial charge in [-0.05, 0) is 73.5 Å². The minimum Gasteiger partial charge on any atom is -0.491 e. The number of ether oxygens (including phenoxy) is 1. The fraction of sp³-hybridized carbons (Fsp3) is 0.296. The minimum absolute atomic E-state index is 0.108. The van der Waals surface area contributed by atoms with Gasteiger partial charge in [-0.1, -0.05) is 47.5 Å². The van der Waals surface area contributed by atoms with Gasteiger partial charge in [-0.3, -0.25) is 4.90 Å². The van der Waals surface area contributed by atoms with Crippen molar-refractivity contribution in [1.29, 1.82) is 0 Å². The van der Waals surface area contributed by atoms with Crippen molar-refractivity contribution in [2.24, 2.45) is 0 Å². The number of rotatable bonds is 8. The van der Waals surface area contributed by atoms with Crippen LogP contribution in [0.15, 0.2) is 72.8 Å². The molecule has 1 saturated heterocycles. The maximum Gasteiger partial charge on any atom is 0.320 e. The first-order chi connectivity index (χ1) is 16.9. The van der Waals surface area contributed by atoms with Crippen LogP contribution in [0.4, 0.5) is 10.5 Å². The Bertz CT molecular complexity index is 1110. The van der Waals surface area contributed by atoms with Crippen molar-refractivity contribution >= 4 is 34.9 Å². The fourth-order valence-electron chi connectivity index (χ4n) is 3.92. The molecule has 3 aromatic rings. The Labute approximate surface area is 216 Å². The van der Waals surface area contributed by atoms with E-state index < -0.39 is 6.29 Å². The highest BCUT2D eigenvalue weighted by molar-refractivity contribution is 6.30. The lowest BCUT2D eigenvalue weighted by Gasteiger charge is -2.31. The zero-order valence-corrected chi connectivity index (χ0v) is 21.4. The van der Waals surface area contributed by atoms with E-state index >= 15 is 0 Å². The molecule has 1 aliphatic heterocycles. The summed E-state index contributed by atoms with van der Waals surface area (Å²) in [5.41, 5.74) is 3.03. The highest BCUT2D eigenvalue weighted by Gasteiger charge is 2.28. The summed E-state index contributed by atoms with van der Waals surface area (Å²) in [5, 5.41) is 8.01. The number of urea groups is 1. The maximum atomic E-state index is 13.2. The molecule has 0 bridgehead atoms. The van der Waals surface area contributed by atoms with Gasteiger partial charge < -0.3 is 20.3 Å². The number of halogens is 2. The van der Waals surface area contributed by atoms with Gasteiger partial charge in [0.15, 0.2) is 6.29 Å². The predicted molar refractivity (Wildman–Crippen MR) is 142 cm³/mol. The van der Waals surface area contributed by atoms with Crippen molar-refractivity contribution < 1.29 is 9.53 Å². The van der Waals surface area contributed by atoms with E-state index in [1.807, 2.05) is 91.5 Å². The van der Waals surface area contributed by atoms with E-state index in [-0.39, 0.29) is 12.1 Å².